The summed E-state index contributed by atoms with van der Waals surface area (Å²) in [5.74, 6) is 2.25. The fourth-order valence-electron chi connectivity index (χ4n) is 4.49. The minimum atomic E-state index is -0.166. The van der Waals surface area contributed by atoms with E-state index in [1.165, 1.54) is 0 Å². The molecule has 0 unspecified atom stereocenters. The van der Waals surface area contributed by atoms with Crippen LogP contribution in [-0.2, 0) is 13.0 Å². The van der Waals surface area contributed by atoms with Gasteiger partial charge in [-0.25, -0.2) is 0 Å². The van der Waals surface area contributed by atoms with Crippen LogP contribution in [-0.4, -0.2) is 38.8 Å². The van der Waals surface area contributed by atoms with E-state index in [4.69, 9.17) is 18.9 Å². The maximum atomic E-state index is 13.0. The first-order valence-electron chi connectivity index (χ1n) is 11.1. The highest BCUT2D eigenvalue weighted by Crippen LogP contribution is 2.46. The van der Waals surface area contributed by atoms with Gasteiger partial charge in [-0.1, -0.05) is 30.3 Å². The first-order chi connectivity index (χ1) is 16.6. The quantitative estimate of drug-likeness (QED) is 0.437. The summed E-state index contributed by atoms with van der Waals surface area (Å²) >= 11 is 0. The van der Waals surface area contributed by atoms with Gasteiger partial charge in [-0.3, -0.25) is 4.79 Å². The molecule has 0 fully saturated rings. The summed E-state index contributed by atoms with van der Waals surface area (Å²) in [6.45, 7) is 0.932. The second-order valence-electron chi connectivity index (χ2n) is 8.04. The number of carbonyl (C=O) groups is 1. The third kappa shape index (κ3) is 3.69. The summed E-state index contributed by atoms with van der Waals surface area (Å²) in [4.78, 5) is 16.3. The van der Waals surface area contributed by atoms with Crippen LogP contribution in [0, 0.1) is 0 Å². The fraction of sp³-hybridized carbons (Fsp3) is 0.222. The molecule has 2 heterocycles. The van der Waals surface area contributed by atoms with Crippen molar-refractivity contribution in [1.29, 1.82) is 0 Å². The number of hydrogen-bond acceptors (Lipinski definition) is 5. The standard InChI is InChI=1S/C27H26N2O5/c1-31-20-10-9-19-24(26(20)33-3)23-18-14-21(32-2)22(34-15-16-7-5-4-6-8-16)13-17(18)11-12-28-27(30)25(23)29-19/h4-10,13-14,29H,11-12,15H2,1-3H3,(H,28,30). The number of nitrogens with one attached hydrogen (secondary N) is 2. The Morgan fingerprint density at radius 1 is 0.882 bits per heavy atom. The molecule has 1 aromatic heterocycles. The van der Waals surface area contributed by atoms with E-state index in [-0.39, 0.29) is 5.91 Å². The van der Waals surface area contributed by atoms with Gasteiger partial charge in [0.25, 0.3) is 5.91 Å². The summed E-state index contributed by atoms with van der Waals surface area (Å²) in [6.07, 6.45) is 0.644. The number of hydrogen-bond donors (Lipinski definition) is 2. The molecule has 1 aliphatic rings. The SMILES string of the molecule is COc1cc2c(cc1OCc1ccccc1)CCNC(=O)c1[nH]c3ccc(OC)c(OC)c3c1-2. The van der Waals surface area contributed by atoms with Crippen LogP contribution in [0.4, 0.5) is 0 Å². The lowest BCUT2D eigenvalue weighted by Gasteiger charge is -2.20. The van der Waals surface area contributed by atoms with Crippen LogP contribution in [0.5, 0.6) is 23.0 Å². The van der Waals surface area contributed by atoms with Gasteiger partial charge in [0.1, 0.15) is 12.3 Å². The number of benzene rings is 3. The largest absolute Gasteiger partial charge is 0.493 e. The molecule has 1 aliphatic heterocycles. The number of methoxy groups -OCH3 is 3. The number of aromatic amines is 1. The molecule has 2 N–H and O–H groups in total. The smallest absolute Gasteiger partial charge is 0.268 e. The van der Waals surface area contributed by atoms with Crippen molar-refractivity contribution in [2.45, 2.75) is 13.0 Å². The summed E-state index contributed by atoms with van der Waals surface area (Å²) in [6, 6.07) is 17.7. The van der Waals surface area contributed by atoms with E-state index in [0.717, 1.165) is 33.2 Å². The second-order valence-corrected chi connectivity index (χ2v) is 8.04. The molecule has 7 heteroatoms. The number of rotatable bonds is 6. The van der Waals surface area contributed by atoms with Crippen LogP contribution in [0.15, 0.2) is 54.6 Å². The number of carbonyl (C=O) groups excluding carboxylic acids is 1. The molecule has 4 aromatic rings. The van der Waals surface area contributed by atoms with Gasteiger partial charge in [0.2, 0.25) is 0 Å². The lowest BCUT2D eigenvalue weighted by atomic mass is 9.92. The fourth-order valence-corrected chi connectivity index (χ4v) is 4.49. The van der Waals surface area contributed by atoms with Crippen LogP contribution >= 0.6 is 0 Å². The first-order valence-corrected chi connectivity index (χ1v) is 11.1. The van der Waals surface area contributed by atoms with Crippen molar-refractivity contribution < 1.29 is 23.7 Å². The number of aromatic nitrogens is 1. The Labute approximate surface area is 197 Å². The van der Waals surface area contributed by atoms with E-state index in [9.17, 15) is 4.79 Å². The van der Waals surface area contributed by atoms with Gasteiger partial charge in [-0.15, -0.1) is 0 Å². The van der Waals surface area contributed by atoms with Crippen LogP contribution in [0.2, 0.25) is 0 Å². The maximum absolute atomic E-state index is 13.0. The summed E-state index contributed by atoms with van der Waals surface area (Å²) in [5.41, 5.74) is 5.02. The molecule has 0 saturated carbocycles. The Balaban J connectivity index is 1.70. The molecule has 34 heavy (non-hydrogen) atoms. The predicted molar refractivity (Wildman–Crippen MR) is 130 cm³/mol. The van der Waals surface area contributed by atoms with Crippen LogP contribution in [0.3, 0.4) is 0 Å². The van der Waals surface area contributed by atoms with Gasteiger partial charge < -0.3 is 29.2 Å². The van der Waals surface area contributed by atoms with Crippen molar-refractivity contribution in [2.24, 2.45) is 0 Å². The maximum Gasteiger partial charge on any atom is 0.268 e. The van der Waals surface area contributed by atoms with Crippen molar-refractivity contribution in [3.05, 3.63) is 71.4 Å². The molecule has 174 valence electrons. The normalized spacial score (nSPS) is 12.7. The highest BCUT2D eigenvalue weighted by molar-refractivity contribution is 6.13. The highest BCUT2D eigenvalue weighted by atomic mass is 16.5. The Kier molecular flexibility index (Phi) is 5.76. The molecule has 7 nitrogen and oxygen atoms in total. The summed E-state index contributed by atoms with van der Waals surface area (Å²) < 4.78 is 23.1. The lowest BCUT2D eigenvalue weighted by Crippen LogP contribution is -2.28. The molecule has 0 bridgehead atoms. The van der Waals surface area contributed by atoms with Gasteiger partial charge in [-0.05, 0) is 47.4 Å². The molecular formula is C27H26N2O5. The first kappa shape index (κ1) is 21.7. The zero-order valence-electron chi connectivity index (χ0n) is 19.4. The van der Waals surface area contributed by atoms with Gasteiger partial charge in [0, 0.05) is 12.1 Å². The zero-order chi connectivity index (χ0) is 23.7. The lowest BCUT2D eigenvalue weighted by molar-refractivity contribution is 0.0950. The van der Waals surface area contributed by atoms with Crippen LogP contribution in [0.25, 0.3) is 22.0 Å². The van der Waals surface area contributed by atoms with Crippen molar-refractivity contribution in [2.75, 3.05) is 27.9 Å². The topological polar surface area (TPSA) is 81.8 Å². The Bertz CT molecular complexity index is 1360. The number of ether oxygens (including phenoxy) is 4. The Morgan fingerprint density at radius 3 is 2.41 bits per heavy atom. The van der Waals surface area contributed by atoms with Crippen LogP contribution in [0.1, 0.15) is 21.6 Å². The average molecular weight is 459 g/mol. The summed E-state index contributed by atoms with van der Waals surface area (Å²) in [5, 5.41) is 3.79. The molecule has 0 spiro atoms. The molecule has 5 rings (SSSR count). The zero-order valence-corrected chi connectivity index (χ0v) is 19.4. The molecular weight excluding hydrogens is 432 g/mol. The number of H-pyrrole nitrogens is 1. The number of amides is 1. The Hall–Kier alpha value is -4.13. The predicted octanol–water partition coefficient (Wildman–Crippen LogP) is 4.73. The third-order valence-electron chi connectivity index (χ3n) is 6.11. The van der Waals surface area contributed by atoms with Crippen LogP contribution < -0.4 is 24.3 Å². The van der Waals surface area contributed by atoms with Crippen molar-refractivity contribution in [3.8, 4) is 34.1 Å². The molecule has 3 aromatic carbocycles. The monoisotopic (exact) mass is 458 g/mol. The van der Waals surface area contributed by atoms with Gasteiger partial charge in [0.05, 0.1) is 32.2 Å². The van der Waals surface area contributed by atoms with Gasteiger partial charge >= 0.3 is 0 Å². The van der Waals surface area contributed by atoms with E-state index < -0.39 is 0 Å². The minimum absolute atomic E-state index is 0.166. The molecule has 0 aliphatic carbocycles. The van der Waals surface area contributed by atoms with Crippen molar-refractivity contribution in [3.63, 3.8) is 0 Å². The van der Waals surface area contributed by atoms with Crippen molar-refractivity contribution in [1.82, 2.24) is 10.3 Å². The van der Waals surface area contributed by atoms with E-state index in [1.807, 2.05) is 54.6 Å². The highest BCUT2D eigenvalue weighted by Gasteiger charge is 2.28. The van der Waals surface area contributed by atoms with Gasteiger partial charge in [0.15, 0.2) is 23.0 Å². The summed E-state index contributed by atoms with van der Waals surface area (Å²) in [7, 11) is 4.81. The Morgan fingerprint density at radius 2 is 1.68 bits per heavy atom. The second kappa shape index (κ2) is 9.02. The molecule has 0 saturated heterocycles. The van der Waals surface area contributed by atoms with Gasteiger partial charge in [-0.2, -0.15) is 0 Å². The van der Waals surface area contributed by atoms with E-state index in [2.05, 4.69) is 10.3 Å². The molecule has 1 amide bonds. The minimum Gasteiger partial charge on any atom is -0.493 e. The van der Waals surface area contributed by atoms with E-state index in [0.29, 0.717) is 48.3 Å². The van der Waals surface area contributed by atoms with E-state index >= 15 is 0 Å². The number of fused-ring (bicyclic) bond motifs is 5. The van der Waals surface area contributed by atoms with E-state index in [1.54, 1.807) is 21.3 Å². The van der Waals surface area contributed by atoms with Crippen molar-refractivity contribution >= 4 is 16.8 Å². The average Bonchev–Trinajstić information content (AvgIpc) is 3.25. The molecule has 0 radical (unpaired) electrons. The third-order valence-corrected chi connectivity index (χ3v) is 6.11. The molecule has 0 atom stereocenters.